The molecule has 0 saturated carbocycles. The van der Waals surface area contributed by atoms with E-state index >= 15 is 0 Å². The standard InChI is InChI=1S/C23H25NO2.ClH/c1-16(2)23(25)26-12-11-17-9-10-19-14-18-7-5-6-8-20(18)22(15-24(3)4)21(19)13-17;/h5-10,13-14H,1,11-12,15H2,2-4H3;1H. The molecule has 0 spiro atoms. The first-order valence-electron chi connectivity index (χ1n) is 9.00. The van der Waals surface area contributed by atoms with Gasteiger partial charge in [-0.05, 0) is 40.1 Å². The molecule has 0 heterocycles. The van der Waals surface area contributed by atoms with Gasteiger partial charge in [-0.25, -0.2) is 4.79 Å². The molecule has 0 saturated heterocycles. The molecule has 3 rings (SSSR count). The summed E-state index contributed by atoms with van der Waals surface area (Å²) in [7, 11) is 4.35. The van der Waals surface area contributed by atoms with Crippen LogP contribution in [0.2, 0.25) is 0 Å². The zero-order valence-electron chi connectivity index (χ0n) is 16.1. The molecule has 3 nitrogen and oxygen atoms in total. The monoisotopic (exact) mass is 383 g/mol. The maximum Gasteiger partial charge on any atom is 0.333 e. The molecule has 0 aliphatic carbocycles. The molecule has 0 amide bonds. The van der Waals surface area contributed by atoms with E-state index < -0.39 is 0 Å². The minimum atomic E-state index is -0.325. The fraction of sp³-hybridized carbons (Fsp3) is 0.261. The topological polar surface area (TPSA) is 30.7 Å². The summed E-state index contributed by atoms with van der Waals surface area (Å²) in [5, 5.41) is 5.13. The molecule has 0 aromatic heterocycles. The van der Waals surface area contributed by atoms with Crippen LogP contribution in [0.15, 0.2) is 60.7 Å². The lowest BCUT2D eigenvalue weighted by molar-refractivity contribution is -0.872. The van der Waals surface area contributed by atoms with Crippen LogP contribution in [0.1, 0.15) is 18.1 Å². The lowest BCUT2D eigenvalue weighted by Crippen LogP contribution is -3.04. The predicted molar refractivity (Wildman–Crippen MR) is 107 cm³/mol. The quantitative estimate of drug-likeness (QED) is 0.377. The normalized spacial score (nSPS) is 10.8. The largest absolute Gasteiger partial charge is 1.00 e. The Bertz CT molecular complexity index is 979. The Balaban J connectivity index is 0.00000261. The van der Waals surface area contributed by atoms with Crippen LogP contribution in [-0.4, -0.2) is 26.7 Å². The number of quaternary nitrogens is 1. The molecule has 0 bridgehead atoms. The Morgan fingerprint density at radius 2 is 1.74 bits per heavy atom. The second-order valence-electron chi connectivity index (χ2n) is 7.18. The molecule has 0 fully saturated rings. The summed E-state index contributed by atoms with van der Waals surface area (Å²) in [6, 6.07) is 17.4. The second-order valence-corrected chi connectivity index (χ2v) is 7.18. The van der Waals surface area contributed by atoms with Crippen LogP contribution in [0.25, 0.3) is 21.5 Å². The van der Waals surface area contributed by atoms with Crippen molar-refractivity contribution in [2.45, 2.75) is 19.9 Å². The van der Waals surface area contributed by atoms with Crippen molar-refractivity contribution in [1.82, 2.24) is 0 Å². The summed E-state index contributed by atoms with van der Waals surface area (Å²) < 4.78 is 5.24. The smallest absolute Gasteiger partial charge is 0.333 e. The fourth-order valence-electron chi connectivity index (χ4n) is 3.29. The maximum atomic E-state index is 11.5. The van der Waals surface area contributed by atoms with Gasteiger partial charge >= 0.3 is 5.97 Å². The Kier molecular flexibility index (Phi) is 7.00. The number of rotatable bonds is 6. The van der Waals surface area contributed by atoms with Gasteiger partial charge in [0, 0.05) is 17.6 Å². The SMILES string of the molecule is C=C(C)C(=O)OCCc1ccc2cc3ccccc3c(C[NH+](C)C)c2c1.[Cl-]. The van der Waals surface area contributed by atoms with Gasteiger partial charge in [0.25, 0.3) is 0 Å². The highest BCUT2D eigenvalue weighted by atomic mass is 35.5. The van der Waals surface area contributed by atoms with Gasteiger partial charge in [0.1, 0.15) is 6.54 Å². The third kappa shape index (κ3) is 4.88. The zero-order valence-corrected chi connectivity index (χ0v) is 16.9. The van der Waals surface area contributed by atoms with E-state index in [4.69, 9.17) is 4.74 Å². The first-order valence-corrected chi connectivity index (χ1v) is 9.00. The van der Waals surface area contributed by atoms with Gasteiger partial charge in [-0.2, -0.15) is 0 Å². The van der Waals surface area contributed by atoms with Gasteiger partial charge < -0.3 is 22.0 Å². The van der Waals surface area contributed by atoms with Gasteiger partial charge in [0.15, 0.2) is 0 Å². The van der Waals surface area contributed by atoms with Crippen LogP contribution in [0, 0.1) is 0 Å². The summed E-state index contributed by atoms with van der Waals surface area (Å²) in [5.41, 5.74) is 2.99. The van der Waals surface area contributed by atoms with E-state index in [0.29, 0.717) is 18.6 Å². The lowest BCUT2D eigenvalue weighted by Gasteiger charge is -2.15. The highest BCUT2D eigenvalue weighted by molar-refractivity contribution is 6.02. The number of carbonyl (C=O) groups excluding carboxylic acids is 1. The molecule has 0 radical (unpaired) electrons. The van der Waals surface area contributed by atoms with Crippen LogP contribution in [0.3, 0.4) is 0 Å². The van der Waals surface area contributed by atoms with Crippen molar-refractivity contribution in [3.8, 4) is 0 Å². The number of ether oxygens (including phenoxy) is 1. The van der Waals surface area contributed by atoms with Crippen LogP contribution in [-0.2, 0) is 22.5 Å². The molecule has 142 valence electrons. The van der Waals surface area contributed by atoms with E-state index in [1.54, 1.807) is 6.92 Å². The number of halogens is 1. The highest BCUT2D eigenvalue weighted by Crippen LogP contribution is 2.29. The molecule has 27 heavy (non-hydrogen) atoms. The summed E-state index contributed by atoms with van der Waals surface area (Å²) in [6.45, 7) is 6.62. The fourth-order valence-corrected chi connectivity index (χ4v) is 3.29. The first-order chi connectivity index (χ1) is 12.5. The van der Waals surface area contributed by atoms with Crippen LogP contribution in [0.4, 0.5) is 0 Å². The molecular formula is C23H26ClNO2. The molecule has 0 unspecified atom stereocenters. The molecule has 3 aromatic rings. The number of benzene rings is 3. The first kappa shape index (κ1) is 20.9. The lowest BCUT2D eigenvalue weighted by atomic mass is 9.94. The van der Waals surface area contributed by atoms with Crippen molar-refractivity contribution >= 4 is 27.5 Å². The number of fused-ring (bicyclic) bond motifs is 2. The zero-order chi connectivity index (χ0) is 18.7. The molecule has 0 atom stereocenters. The number of hydrogen-bond donors (Lipinski definition) is 1. The number of hydrogen-bond acceptors (Lipinski definition) is 2. The minimum absolute atomic E-state index is 0. The maximum absolute atomic E-state index is 11.5. The molecule has 3 aromatic carbocycles. The average Bonchev–Trinajstić information content (AvgIpc) is 2.61. The summed E-state index contributed by atoms with van der Waals surface area (Å²) >= 11 is 0. The van der Waals surface area contributed by atoms with Gasteiger partial charge in [-0.15, -0.1) is 0 Å². The number of esters is 1. The molecular weight excluding hydrogens is 358 g/mol. The summed E-state index contributed by atoms with van der Waals surface area (Å²) in [6.07, 6.45) is 0.704. The Morgan fingerprint density at radius 1 is 1.04 bits per heavy atom. The second kappa shape index (κ2) is 9.03. The van der Waals surface area contributed by atoms with Crippen LogP contribution in [0.5, 0.6) is 0 Å². The van der Waals surface area contributed by atoms with E-state index in [1.165, 1.54) is 37.6 Å². The summed E-state index contributed by atoms with van der Waals surface area (Å²) in [4.78, 5) is 12.9. The summed E-state index contributed by atoms with van der Waals surface area (Å²) in [5.74, 6) is -0.325. The molecule has 4 heteroatoms. The van der Waals surface area contributed by atoms with Crippen molar-refractivity contribution in [1.29, 1.82) is 0 Å². The van der Waals surface area contributed by atoms with Gasteiger partial charge in [0.05, 0.1) is 20.7 Å². The molecule has 0 aliphatic rings. The Hall–Kier alpha value is -2.36. The van der Waals surface area contributed by atoms with E-state index in [-0.39, 0.29) is 18.4 Å². The van der Waals surface area contributed by atoms with Crippen molar-refractivity contribution in [2.75, 3.05) is 20.7 Å². The minimum Gasteiger partial charge on any atom is -1.00 e. The van der Waals surface area contributed by atoms with Crippen molar-refractivity contribution in [2.24, 2.45) is 0 Å². The third-order valence-corrected chi connectivity index (χ3v) is 4.54. The van der Waals surface area contributed by atoms with Crippen LogP contribution < -0.4 is 17.3 Å². The predicted octanol–water partition coefficient (Wildman–Crippen LogP) is 0.303. The van der Waals surface area contributed by atoms with E-state index in [9.17, 15) is 4.79 Å². The number of nitrogens with one attached hydrogen (secondary N) is 1. The van der Waals surface area contributed by atoms with Gasteiger partial charge in [-0.3, -0.25) is 0 Å². The van der Waals surface area contributed by atoms with E-state index in [0.717, 1.165) is 6.54 Å². The van der Waals surface area contributed by atoms with E-state index in [1.807, 2.05) is 0 Å². The Labute approximate surface area is 167 Å². The van der Waals surface area contributed by atoms with Crippen LogP contribution >= 0.6 is 0 Å². The average molecular weight is 384 g/mol. The Morgan fingerprint density at radius 3 is 2.44 bits per heavy atom. The third-order valence-electron chi connectivity index (χ3n) is 4.54. The highest BCUT2D eigenvalue weighted by Gasteiger charge is 2.11. The van der Waals surface area contributed by atoms with E-state index in [2.05, 4.69) is 69.2 Å². The number of carbonyl (C=O) groups is 1. The van der Waals surface area contributed by atoms with Crippen molar-refractivity contribution in [3.63, 3.8) is 0 Å². The molecule has 0 aliphatic heterocycles. The van der Waals surface area contributed by atoms with Gasteiger partial charge in [-0.1, -0.05) is 49.0 Å². The van der Waals surface area contributed by atoms with Crippen molar-refractivity contribution in [3.05, 3.63) is 71.8 Å². The molecule has 1 N–H and O–H groups in total. The van der Waals surface area contributed by atoms with Gasteiger partial charge in [0.2, 0.25) is 0 Å². The van der Waals surface area contributed by atoms with Crippen molar-refractivity contribution < 1.29 is 26.8 Å².